The van der Waals surface area contributed by atoms with Crippen LogP contribution in [0.5, 0.6) is 0 Å². The Bertz CT molecular complexity index is 772. The Kier molecular flexibility index (Phi) is 7.57. The van der Waals surface area contributed by atoms with Crippen LogP contribution in [0.25, 0.3) is 0 Å². The molecule has 152 valence electrons. The highest BCUT2D eigenvalue weighted by atomic mass is 32.1. The van der Waals surface area contributed by atoms with Gasteiger partial charge in [0.1, 0.15) is 0 Å². The number of thiocarbonyl (C=S) groups is 1. The van der Waals surface area contributed by atoms with Crippen molar-refractivity contribution in [2.45, 2.75) is 46.6 Å². The summed E-state index contributed by atoms with van der Waals surface area (Å²) in [5.41, 5.74) is 2.91. The van der Waals surface area contributed by atoms with Crippen LogP contribution in [0.15, 0.2) is 35.5 Å². The zero-order valence-electron chi connectivity index (χ0n) is 17.2. The quantitative estimate of drug-likeness (QED) is 0.534. The van der Waals surface area contributed by atoms with Gasteiger partial charge in [-0.05, 0) is 49.2 Å². The van der Waals surface area contributed by atoms with Gasteiger partial charge in [0.25, 0.3) is 0 Å². The van der Waals surface area contributed by atoms with Crippen LogP contribution >= 0.6 is 12.2 Å². The van der Waals surface area contributed by atoms with E-state index in [2.05, 4.69) is 10.6 Å². The summed E-state index contributed by atoms with van der Waals surface area (Å²) in [7, 11) is 1.82. The highest BCUT2D eigenvalue weighted by Gasteiger charge is 2.33. The lowest BCUT2D eigenvalue weighted by molar-refractivity contribution is -0.140. The Morgan fingerprint density at radius 1 is 1.29 bits per heavy atom. The van der Waals surface area contributed by atoms with Crippen LogP contribution in [0.4, 0.5) is 5.69 Å². The molecule has 0 spiro atoms. The standard InChI is InChI=1S/C21H29N3O3S/c1-6-7-17(25)22-16-10-8-15(9-11-16)19-18(20(26)27-12-13(2)3)14(4)24(5)21(28)23-19/h8-11,13,19H,6-7,12H2,1-5H3,(H,22,25)(H,23,28)/t19-/m1/s1. The summed E-state index contributed by atoms with van der Waals surface area (Å²) in [6.45, 7) is 8.19. The van der Waals surface area contributed by atoms with Crippen molar-refractivity contribution in [3.8, 4) is 0 Å². The molecular formula is C21H29N3O3S. The SMILES string of the molecule is CCCC(=O)Nc1ccc([C@H]2NC(=S)N(C)C(C)=C2C(=O)OCC(C)C)cc1. The summed E-state index contributed by atoms with van der Waals surface area (Å²) < 4.78 is 5.49. The van der Waals surface area contributed by atoms with E-state index >= 15 is 0 Å². The molecule has 1 aromatic carbocycles. The lowest BCUT2D eigenvalue weighted by Gasteiger charge is -2.35. The Morgan fingerprint density at radius 2 is 1.93 bits per heavy atom. The van der Waals surface area contributed by atoms with Crippen molar-refractivity contribution in [1.82, 2.24) is 10.2 Å². The van der Waals surface area contributed by atoms with E-state index in [1.54, 1.807) is 4.90 Å². The van der Waals surface area contributed by atoms with Crippen molar-refractivity contribution >= 4 is 34.9 Å². The number of nitrogens with one attached hydrogen (secondary N) is 2. The molecular weight excluding hydrogens is 374 g/mol. The van der Waals surface area contributed by atoms with Gasteiger partial charge in [-0.3, -0.25) is 4.79 Å². The summed E-state index contributed by atoms with van der Waals surface area (Å²) in [5.74, 6) is -0.106. The Balaban J connectivity index is 2.28. The van der Waals surface area contributed by atoms with Crippen molar-refractivity contribution < 1.29 is 14.3 Å². The molecule has 1 atom stereocenters. The number of benzene rings is 1. The van der Waals surface area contributed by atoms with Crippen molar-refractivity contribution in [3.63, 3.8) is 0 Å². The summed E-state index contributed by atoms with van der Waals surface area (Å²) >= 11 is 5.41. The second kappa shape index (κ2) is 9.68. The number of allylic oxidation sites excluding steroid dienone is 1. The summed E-state index contributed by atoms with van der Waals surface area (Å²) in [6.07, 6.45) is 1.28. The molecule has 1 aromatic rings. The first-order valence-electron chi connectivity index (χ1n) is 9.56. The van der Waals surface area contributed by atoms with E-state index in [0.717, 1.165) is 23.4 Å². The van der Waals surface area contributed by atoms with Crippen LogP contribution in [-0.4, -0.2) is 35.5 Å². The molecule has 1 aliphatic rings. The second-order valence-corrected chi connectivity index (χ2v) is 7.74. The van der Waals surface area contributed by atoms with E-state index in [1.165, 1.54) is 0 Å². The molecule has 0 fully saturated rings. The molecule has 0 aliphatic carbocycles. The highest BCUT2D eigenvalue weighted by Crippen LogP contribution is 2.31. The fourth-order valence-electron chi connectivity index (χ4n) is 2.88. The van der Waals surface area contributed by atoms with Crippen molar-refractivity contribution in [2.24, 2.45) is 5.92 Å². The van der Waals surface area contributed by atoms with E-state index in [1.807, 2.05) is 59.0 Å². The predicted octanol–water partition coefficient (Wildman–Crippen LogP) is 3.76. The van der Waals surface area contributed by atoms with Gasteiger partial charge in [-0.25, -0.2) is 4.79 Å². The van der Waals surface area contributed by atoms with Crippen LogP contribution in [0.3, 0.4) is 0 Å². The first-order chi connectivity index (χ1) is 13.2. The Labute approximate surface area is 172 Å². The van der Waals surface area contributed by atoms with E-state index in [4.69, 9.17) is 17.0 Å². The largest absolute Gasteiger partial charge is 0.462 e. The van der Waals surface area contributed by atoms with Crippen molar-refractivity contribution in [1.29, 1.82) is 0 Å². The Morgan fingerprint density at radius 3 is 2.50 bits per heavy atom. The first-order valence-corrected chi connectivity index (χ1v) is 9.97. The molecule has 0 aromatic heterocycles. The molecule has 0 saturated heterocycles. The number of esters is 1. The molecule has 1 heterocycles. The average Bonchev–Trinajstić information content (AvgIpc) is 2.64. The summed E-state index contributed by atoms with van der Waals surface area (Å²) in [4.78, 5) is 26.3. The molecule has 0 unspecified atom stereocenters. The second-order valence-electron chi connectivity index (χ2n) is 7.35. The minimum atomic E-state index is -0.399. The molecule has 28 heavy (non-hydrogen) atoms. The zero-order valence-corrected chi connectivity index (χ0v) is 18.0. The minimum absolute atomic E-state index is 0.0115. The van der Waals surface area contributed by atoms with Gasteiger partial charge < -0.3 is 20.3 Å². The molecule has 0 bridgehead atoms. The number of carbonyl (C=O) groups is 2. The number of carbonyl (C=O) groups excluding carboxylic acids is 2. The Hall–Kier alpha value is -2.41. The molecule has 2 N–H and O–H groups in total. The number of nitrogens with zero attached hydrogens (tertiary/aromatic N) is 1. The minimum Gasteiger partial charge on any atom is -0.462 e. The molecule has 0 radical (unpaired) electrons. The van der Waals surface area contributed by atoms with Crippen LogP contribution < -0.4 is 10.6 Å². The third-order valence-electron chi connectivity index (χ3n) is 4.53. The molecule has 7 heteroatoms. The number of rotatable bonds is 7. The molecule has 6 nitrogen and oxygen atoms in total. The number of hydrogen-bond donors (Lipinski definition) is 2. The zero-order chi connectivity index (χ0) is 20.8. The highest BCUT2D eigenvalue weighted by molar-refractivity contribution is 7.80. The van der Waals surface area contributed by atoms with Crippen molar-refractivity contribution in [2.75, 3.05) is 19.0 Å². The van der Waals surface area contributed by atoms with E-state index in [9.17, 15) is 9.59 Å². The summed E-state index contributed by atoms with van der Waals surface area (Å²) in [6, 6.07) is 7.03. The lowest BCUT2D eigenvalue weighted by atomic mass is 9.95. The van der Waals surface area contributed by atoms with Gasteiger partial charge in [-0.15, -0.1) is 0 Å². The maximum atomic E-state index is 12.8. The van der Waals surface area contributed by atoms with E-state index in [-0.39, 0.29) is 17.8 Å². The van der Waals surface area contributed by atoms with Gasteiger partial charge in [0.15, 0.2) is 5.11 Å². The van der Waals surface area contributed by atoms with Crippen molar-refractivity contribution in [3.05, 3.63) is 41.1 Å². The van der Waals surface area contributed by atoms with Gasteiger partial charge in [-0.1, -0.05) is 32.9 Å². The first kappa shape index (κ1) is 21.9. The van der Waals surface area contributed by atoms with Gasteiger partial charge in [0.2, 0.25) is 5.91 Å². The van der Waals surface area contributed by atoms with E-state index < -0.39 is 6.04 Å². The maximum Gasteiger partial charge on any atom is 0.338 e. The fourth-order valence-corrected chi connectivity index (χ4v) is 3.13. The third-order valence-corrected chi connectivity index (χ3v) is 4.92. The topological polar surface area (TPSA) is 70.7 Å². The van der Waals surface area contributed by atoms with E-state index in [0.29, 0.717) is 23.7 Å². The third kappa shape index (κ3) is 5.32. The number of amides is 1. The average molecular weight is 404 g/mol. The van der Waals surface area contributed by atoms with Gasteiger partial charge in [-0.2, -0.15) is 0 Å². The monoisotopic (exact) mass is 403 g/mol. The van der Waals surface area contributed by atoms with Gasteiger partial charge in [0.05, 0.1) is 18.2 Å². The van der Waals surface area contributed by atoms with Gasteiger partial charge >= 0.3 is 5.97 Å². The number of anilines is 1. The number of hydrogen-bond acceptors (Lipinski definition) is 4. The molecule has 1 aliphatic heterocycles. The van der Waals surface area contributed by atoms with Crippen LogP contribution in [0.2, 0.25) is 0 Å². The van der Waals surface area contributed by atoms with Crippen LogP contribution in [0, 0.1) is 5.92 Å². The molecule has 1 amide bonds. The van der Waals surface area contributed by atoms with Crippen LogP contribution in [-0.2, 0) is 14.3 Å². The predicted molar refractivity (Wildman–Crippen MR) is 115 cm³/mol. The smallest absolute Gasteiger partial charge is 0.338 e. The van der Waals surface area contributed by atoms with Crippen LogP contribution in [0.1, 0.15) is 52.1 Å². The fraction of sp³-hybridized carbons (Fsp3) is 0.476. The number of ether oxygens (including phenoxy) is 1. The summed E-state index contributed by atoms with van der Waals surface area (Å²) in [5, 5.41) is 6.64. The molecule has 0 saturated carbocycles. The molecule has 2 rings (SSSR count). The van der Waals surface area contributed by atoms with Gasteiger partial charge in [0, 0.05) is 24.9 Å². The maximum absolute atomic E-state index is 12.8. The normalized spacial score (nSPS) is 16.9. The lowest BCUT2D eigenvalue weighted by Crippen LogP contribution is -2.46.